The lowest BCUT2D eigenvalue weighted by atomic mass is 9.73. The molecule has 0 spiro atoms. The van der Waals surface area contributed by atoms with Crippen molar-refractivity contribution in [1.82, 2.24) is 0 Å². The van der Waals surface area contributed by atoms with Gasteiger partial charge in [0.1, 0.15) is 0 Å². The third-order valence-corrected chi connectivity index (χ3v) is 4.39. The van der Waals surface area contributed by atoms with Crippen LogP contribution in [0, 0.1) is 12.3 Å². The molecule has 20 heavy (non-hydrogen) atoms. The SMILES string of the molecule is CC(=O)Nc1ccc(NC2CCCCC2(C)C)cc1C. The standard InChI is InChI=1S/C17H26N2O/c1-12-11-14(8-9-15(12)18-13(2)20)19-16-7-5-6-10-17(16,3)4/h8-9,11,16,19H,5-7,10H2,1-4H3,(H,18,20). The molecule has 2 rings (SSSR count). The fraction of sp³-hybridized carbons (Fsp3) is 0.588. The number of anilines is 2. The zero-order valence-electron chi connectivity index (χ0n) is 13.0. The largest absolute Gasteiger partial charge is 0.382 e. The summed E-state index contributed by atoms with van der Waals surface area (Å²) in [6.07, 6.45) is 5.17. The van der Waals surface area contributed by atoms with Crippen molar-refractivity contribution in [1.29, 1.82) is 0 Å². The van der Waals surface area contributed by atoms with E-state index in [1.165, 1.54) is 32.6 Å². The predicted molar refractivity (Wildman–Crippen MR) is 85.1 cm³/mol. The average molecular weight is 274 g/mol. The lowest BCUT2D eigenvalue weighted by Crippen LogP contribution is -2.38. The van der Waals surface area contributed by atoms with Gasteiger partial charge in [-0.2, -0.15) is 0 Å². The van der Waals surface area contributed by atoms with Crippen molar-refractivity contribution in [3.05, 3.63) is 23.8 Å². The minimum atomic E-state index is -0.0257. The van der Waals surface area contributed by atoms with Crippen LogP contribution in [0.3, 0.4) is 0 Å². The van der Waals surface area contributed by atoms with Gasteiger partial charge in [-0.25, -0.2) is 0 Å². The van der Waals surface area contributed by atoms with E-state index in [2.05, 4.69) is 36.6 Å². The van der Waals surface area contributed by atoms with Crippen LogP contribution in [0.15, 0.2) is 18.2 Å². The van der Waals surface area contributed by atoms with Crippen LogP contribution in [0.1, 0.15) is 52.0 Å². The highest BCUT2D eigenvalue weighted by molar-refractivity contribution is 5.89. The smallest absolute Gasteiger partial charge is 0.221 e. The molecule has 1 fully saturated rings. The van der Waals surface area contributed by atoms with Gasteiger partial charge in [0.15, 0.2) is 0 Å². The number of aryl methyl sites for hydroxylation is 1. The summed E-state index contributed by atoms with van der Waals surface area (Å²) in [4.78, 5) is 11.1. The van der Waals surface area contributed by atoms with E-state index in [0.29, 0.717) is 11.5 Å². The van der Waals surface area contributed by atoms with Gasteiger partial charge in [-0.15, -0.1) is 0 Å². The first-order valence-electron chi connectivity index (χ1n) is 7.53. The van der Waals surface area contributed by atoms with E-state index in [1.54, 1.807) is 0 Å². The second-order valence-electron chi connectivity index (χ2n) is 6.64. The number of rotatable bonds is 3. The van der Waals surface area contributed by atoms with Gasteiger partial charge in [-0.1, -0.05) is 26.7 Å². The summed E-state index contributed by atoms with van der Waals surface area (Å²) >= 11 is 0. The maximum absolute atomic E-state index is 11.1. The Bertz CT molecular complexity index is 494. The summed E-state index contributed by atoms with van der Waals surface area (Å²) in [6.45, 7) is 8.27. The Balaban J connectivity index is 2.10. The molecule has 0 saturated heterocycles. The number of carbonyl (C=O) groups is 1. The zero-order valence-corrected chi connectivity index (χ0v) is 13.0. The average Bonchev–Trinajstić information content (AvgIpc) is 2.35. The van der Waals surface area contributed by atoms with Gasteiger partial charge in [-0.3, -0.25) is 4.79 Å². The van der Waals surface area contributed by atoms with Crippen LogP contribution in [0.25, 0.3) is 0 Å². The van der Waals surface area contributed by atoms with Crippen molar-refractivity contribution in [3.63, 3.8) is 0 Å². The normalized spacial score (nSPS) is 21.3. The van der Waals surface area contributed by atoms with Crippen molar-refractivity contribution in [2.75, 3.05) is 10.6 Å². The molecule has 1 amide bonds. The summed E-state index contributed by atoms with van der Waals surface area (Å²) in [6, 6.07) is 6.69. The number of amides is 1. The van der Waals surface area contributed by atoms with Gasteiger partial charge in [-0.05, 0) is 48.9 Å². The molecule has 3 heteroatoms. The molecule has 1 unspecified atom stereocenters. The van der Waals surface area contributed by atoms with E-state index in [-0.39, 0.29) is 5.91 Å². The summed E-state index contributed by atoms with van der Waals surface area (Å²) in [5.41, 5.74) is 3.49. The van der Waals surface area contributed by atoms with Crippen molar-refractivity contribution in [2.24, 2.45) is 5.41 Å². The monoisotopic (exact) mass is 274 g/mol. The van der Waals surface area contributed by atoms with Gasteiger partial charge in [0.05, 0.1) is 0 Å². The van der Waals surface area contributed by atoms with Crippen molar-refractivity contribution in [3.8, 4) is 0 Å². The molecule has 1 aliphatic carbocycles. The Hall–Kier alpha value is -1.51. The minimum Gasteiger partial charge on any atom is -0.382 e. The highest BCUT2D eigenvalue weighted by Crippen LogP contribution is 2.37. The number of hydrogen-bond donors (Lipinski definition) is 2. The minimum absolute atomic E-state index is 0.0257. The van der Waals surface area contributed by atoms with Crippen LogP contribution in [0.4, 0.5) is 11.4 Å². The van der Waals surface area contributed by atoms with Crippen molar-refractivity contribution in [2.45, 2.75) is 59.4 Å². The molecular weight excluding hydrogens is 248 g/mol. The number of benzene rings is 1. The van der Waals surface area contributed by atoms with Crippen LogP contribution in [-0.4, -0.2) is 11.9 Å². The Kier molecular flexibility index (Phi) is 4.36. The molecule has 0 aliphatic heterocycles. The maximum atomic E-state index is 11.1. The number of nitrogens with one attached hydrogen (secondary N) is 2. The Morgan fingerprint density at radius 2 is 2.05 bits per heavy atom. The van der Waals surface area contributed by atoms with Gasteiger partial charge in [0.2, 0.25) is 5.91 Å². The molecule has 0 heterocycles. The number of carbonyl (C=O) groups excluding carboxylic acids is 1. The number of hydrogen-bond acceptors (Lipinski definition) is 2. The molecule has 3 nitrogen and oxygen atoms in total. The first-order chi connectivity index (χ1) is 9.38. The lowest BCUT2D eigenvalue weighted by Gasteiger charge is -2.39. The van der Waals surface area contributed by atoms with Gasteiger partial charge in [0.25, 0.3) is 0 Å². The third kappa shape index (κ3) is 3.53. The zero-order chi connectivity index (χ0) is 14.8. The van der Waals surface area contributed by atoms with Gasteiger partial charge >= 0.3 is 0 Å². The molecule has 1 atom stereocenters. The second kappa shape index (κ2) is 5.86. The van der Waals surface area contributed by atoms with E-state index in [0.717, 1.165) is 16.9 Å². The molecule has 0 radical (unpaired) electrons. The van der Waals surface area contributed by atoms with E-state index >= 15 is 0 Å². The molecular formula is C17H26N2O. The lowest BCUT2D eigenvalue weighted by molar-refractivity contribution is -0.114. The van der Waals surface area contributed by atoms with Gasteiger partial charge in [0, 0.05) is 24.3 Å². The van der Waals surface area contributed by atoms with E-state index in [9.17, 15) is 4.79 Å². The van der Waals surface area contributed by atoms with Crippen LogP contribution >= 0.6 is 0 Å². The van der Waals surface area contributed by atoms with E-state index in [1.807, 2.05) is 13.0 Å². The molecule has 0 bridgehead atoms. The molecule has 2 N–H and O–H groups in total. The molecule has 1 saturated carbocycles. The summed E-state index contributed by atoms with van der Waals surface area (Å²) in [7, 11) is 0. The van der Waals surface area contributed by atoms with Crippen LogP contribution in [-0.2, 0) is 4.79 Å². The van der Waals surface area contributed by atoms with Crippen molar-refractivity contribution < 1.29 is 4.79 Å². The Labute approximate surface area is 122 Å². The Morgan fingerprint density at radius 1 is 1.30 bits per heavy atom. The second-order valence-corrected chi connectivity index (χ2v) is 6.64. The summed E-state index contributed by atoms with van der Waals surface area (Å²) in [5.74, 6) is -0.0257. The molecule has 110 valence electrons. The fourth-order valence-corrected chi connectivity index (χ4v) is 3.05. The van der Waals surface area contributed by atoms with Crippen LogP contribution in [0.2, 0.25) is 0 Å². The predicted octanol–water partition coefficient (Wildman–Crippen LogP) is 4.33. The highest BCUT2D eigenvalue weighted by atomic mass is 16.1. The quantitative estimate of drug-likeness (QED) is 0.861. The third-order valence-electron chi connectivity index (χ3n) is 4.39. The van der Waals surface area contributed by atoms with Crippen molar-refractivity contribution >= 4 is 17.3 Å². The molecule has 1 aliphatic rings. The molecule has 1 aromatic carbocycles. The van der Waals surface area contributed by atoms with E-state index < -0.39 is 0 Å². The first kappa shape index (κ1) is 14.9. The van der Waals surface area contributed by atoms with Gasteiger partial charge < -0.3 is 10.6 Å². The molecule has 0 aromatic heterocycles. The summed E-state index contributed by atoms with van der Waals surface area (Å²) < 4.78 is 0. The maximum Gasteiger partial charge on any atom is 0.221 e. The van der Waals surface area contributed by atoms with Crippen LogP contribution in [0.5, 0.6) is 0 Å². The first-order valence-corrected chi connectivity index (χ1v) is 7.53. The highest BCUT2D eigenvalue weighted by Gasteiger charge is 2.31. The summed E-state index contributed by atoms with van der Waals surface area (Å²) in [5, 5.41) is 6.53. The Morgan fingerprint density at radius 3 is 2.65 bits per heavy atom. The topological polar surface area (TPSA) is 41.1 Å². The molecule has 1 aromatic rings. The fourth-order valence-electron chi connectivity index (χ4n) is 3.05. The van der Waals surface area contributed by atoms with Crippen LogP contribution < -0.4 is 10.6 Å². The van der Waals surface area contributed by atoms with E-state index in [4.69, 9.17) is 0 Å².